The highest BCUT2D eigenvalue weighted by atomic mass is 16.5. The number of hydrogen-bond acceptors (Lipinski definition) is 9. The number of nitrogens with zero attached hydrogens (tertiary/aromatic N) is 4. The Morgan fingerprint density at radius 2 is 1.83 bits per heavy atom. The van der Waals surface area contributed by atoms with E-state index in [-0.39, 0.29) is 23.6 Å². The zero-order valence-electron chi connectivity index (χ0n) is 24.5. The summed E-state index contributed by atoms with van der Waals surface area (Å²) < 4.78 is 7.82. The van der Waals surface area contributed by atoms with Crippen LogP contribution in [-0.4, -0.2) is 96.7 Å². The maximum Gasteiger partial charge on any atom is 0.350 e. The normalized spacial score (nSPS) is 20.5. The van der Waals surface area contributed by atoms with E-state index in [0.717, 1.165) is 77.8 Å². The highest BCUT2D eigenvalue weighted by molar-refractivity contribution is 5.96. The quantitative estimate of drug-likeness (QED) is 0.111. The number of hydrogen-bond donors (Lipinski definition) is 6. The summed E-state index contributed by atoms with van der Waals surface area (Å²) in [5.41, 5.74) is 6.14. The first kappa shape index (κ1) is 29.8. The maximum absolute atomic E-state index is 13.0. The van der Waals surface area contributed by atoms with Gasteiger partial charge in [0.25, 0.3) is 5.91 Å². The lowest BCUT2D eigenvalue weighted by Gasteiger charge is -2.32. The van der Waals surface area contributed by atoms with E-state index in [1.54, 1.807) is 29.0 Å². The largest absolute Gasteiger partial charge is 0.450 e. The van der Waals surface area contributed by atoms with Crippen LogP contribution in [0.25, 0.3) is 0 Å². The third-order valence-corrected chi connectivity index (χ3v) is 8.36. The molecule has 228 valence electrons. The Bertz CT molecular complexity index is 1300. The van der Waals surface area contributed by atoms with E-state index in [9.17, 15) is 9.59 Å². The number of guanidine groups is 1. The molecule has 1 saturated heterocycles. The molecule has 7 N–H and O–H groups in total. The number of nitrogens with one attached hydrogen (secondary N) is 5. The van der Waals surface area contributed by atoms with Crippen molar-refractivity contribution in [2.24, 2.45) is 5.73 Å². The van der Waals surface area contributed by atoms with E-state index in [4.69, 9.17) is 15.9 Å². The predicted molar refractivity (Wildman–Crippen MR) is 163 cm³/mol. The molecule has 0 bridgehead atoms. The lowest BCUT2D eigenvalue weighted by Crippen LogP contribution is -2.45. The van der Waals surface area contributed by atoms with Crippen molar-refractivity contribution in [2.75, 3.05) is 64.7 Å². The molecule has 13 nitrogen and oxygen atoms in total. The van der Waals surface area contributed by atoms with Crippen LogP contribution in [0.4, 0.5) is 11.5 Å². The van der Waals surface area contributed by atoms with Gasteiger partial charge in [0.2, 0.25) is 0 Å². The van der Waals surface area contributed by atoms with Gasteiger partial charge in [-0.3, -0.25) is 14.8 Å². The van der Waals surface area contributed by atoms with Crippen molar-refractivity contribution >= 4 is 23.4 Å². The van der Waals surface area contributed by atoms with E-state index in [1.165, 1.54) is 0 Å². The summed E-state index contributed by atoms with van der Waals surface area (Å²) >= 11 is 0. The van der Waals surface area contributed by atoms with Gasteiger partial charge in [-0.25, -0.2) is 4.79 Å². The first-order valence-corrected chi connectivity index (χ1v) is 15.1. The number of ether oxygens (including phenoxy) is 1. The van der Waals surface area contributed by atoms with E-state index in [2.05, 4.69) is 43.1 Å². The van der Waals surface area contributed by atoms with Crippen molar-refractivity contribution in [3.63, 3.8) is 0 Å². The van der Waals surface area contributed by atoms with Gasteiger partial charge in [0, 0.05) is 56.9 Å². The van der Waals surface area contributed by atoms with Gasteiger partial charge in [0.15, 0.2) is 23.3 Å². The zero-order chi connectivity index (χ0) is 29.5. The van der Waals surface area contributed by atoms with Crippen LogP contribution in [-0.2, 0) is 0 Å². The average Bonchev–Trinajstić information content (AvgIpc) is 2.98. The first-order chi connectivity index (χ1) is 20.4. The molecular weight excluding hydrogens is 536 g/mol. The summed E-state index contributed by atoms with van der Waals surface area (Å²) in [6, 6.07) is 5.76. The van der Waals surface area contributed by atoms with Crippen molar-refractivity contribution in [1.29, 1.82) is 5.41 Å². The Morgan fingerprint density at radius 3 is 2.60 bits per heavy atom. The molecule has 13 heteroatoms. The van der Waals surface area contributed by atoms with Gasteiger partial charge in [-0.1, -0.05) is 0 Å². The monoisotopic (exact) mass is 580 g/mol. The Balaban J connectivity index is 1.10. The van der Waals surface area contributed by atoms with Gasteiger partial charge in [-0.2, -0.15) is 4.98 Å². The van der Waals surface area contributed by atoms with Gasteiger partial charge in [-0.05, 0) is 76.9 Å². The van der Waals surface area contributed by atoms with Crippen LogP contribution in [0.3, 0.4) is 0 Å². The number of carbonyl (C=O) groups is 1. The van der Waals surface area contributed by atoms with Crippen molar-refractivity contribution in [3.8, 4) is 11.5 Å². The van der Waals surface area contributed by atoms with Crippen LogP contribution in [0.2, 0.25) is 0 Å². The van der Waals surface area contributed by atoms with Crippen molar-refractivity contribution < 1.29 is 9.53 Å². The zero-order valence-corrected chi connectivity index (χ0v) is 24.5. The van der Waals surface area contributed by atoms with E-state index >= 15 is 0 Å². The maximum atomic E-state index is 13.0. The second kappa shape index (κ2) is 14.0. The molecule has 0 atom stereocenters. The molecule has 5 rings (SSSR count). The predicted octanol–water partition coefficient (Wildman–Crippen LogP) is 1.41. The molecule has 2 aromatic rings. The van der Waals surface area contributed by atoms with Gasteiger partial charge < -0.3 is 41.5 Å². The molecule has 1 saturated carbocycles. The topological polar surface area (TPSA) is 166 Å². The molecule has 1 aliphatic carbocycles. The minimum absolute atomic E-state index is 0.00242. The summed E-state index contributed by atoms with van der Waals surface area (Å²) in [5, 5.41) is 19.8. The second-order valence-corrected chi connectivity index (χ2v) is 11.5. The molecule has 2 aliphatic heterocycles. The summed E-state index contributed by atoms with van der Waals surface area (Å²) in [6.07, 6.45) is 7.25. The highest BCUT2D eigenvalue weighted by Gasteiger charge is 2.26. The third-order valence-electron chi connectivity index (χ3n) is 8.36. The number of aromatic nitrogens is 2. The van der Waals surface area contributed by atoms with Gasteiger partial charge >= 0.3 is 5.69 Å². The Morgan fingerprint density at radius 1 is 1.07 bits per heavy atom. The van der Waals surface area contributed by atoms with E-state index in [0.29, 0.717) is 47.7 Å². The molecule has 0 radical (unpaired) electrons. The number of benzene rings is 1. The number of rotatable bonds is 11. The summed E-state index contributed by atoms with van der Waals surface area (Å²) in [6.45, 7) is 7.45. The van der Waals surface area contributed by atoms with Crippen LogP contribution in [0.5, 0.6) is 11.5 Å². The van der Waals surface area contributed by atoms with Crippen LogP contribution >= 0.6 is 0 Å². The fourth-order valence-electron chi connectivity index (χ4n) is 5.83. The van der Waals surface area contributed by atoms with Gasteiger partial charge in [0.05, 0.1) is 11.9 Å². The van der Waals surface area contributed by atoms with Crippen LogP contribution < -0.4 is 37.4 Å². The minimum atomic E-state index is -0.311. The Hall–Kier alpha value is -3.68. The number of anilines is 2. The van der Waals surface area contributed by atoms with E-state index in [1.807, 2.05) is 0 Å². The summed E-state index contributed by atoms with van der Waals surface area (Å²) in [7, 11) is 2.15. The van der Waals surface area contributed by atoms with Gasteiger partial charge in [0.1, 0.15) is 0 Å². The van der Waals surface area contributed by atoms with Crippen LogP contribution in [0.1, 0.15) is 54.9 Å². The third kappa shape index (κ3) is 7.78. The average molecular weight is 581 g/mol. The van der Waals surface area contributed by atoms with Gasteiger partial charge in [-0.15, -0.1) is 0 Å². The lowest BCUT2D eigenvalue weighted by molar-refractivity contribution is 0.0949. The molecule has 1 aromatic heterocycles. The van der Waals surface area contributed by atoms with Crippen LogP contribution in [0.15, 0.2) is 29.2 Å². The van der Waals surface area contributed by atoms with Crippen molar-refractivity contribution in [1.82, 2.24) is 35.3 Å². The SMILES string of the molecule is CN1CCN(CCCNC(=O)c2ccc3c(c2)Nc2nc(=O)n([C@H]4CC[C@@H](NCCCNC(=N)N)CC4)cc2O3)CC1. The fourth-order valence-corrected chi connectivity index (χ4v) is 5.83. The number of likely N-dealkylation sites (N-methyl/N-ethyl adjacent to an activating group) is 1. The van der Waals surface area contributed by atoms with Crippen molar-refractivity contribution in [2.45, 2.75) is 50.6 Å². The summed E-state index contributed by atoms with van der Waals surface area (Å²) in [4.78, 5) is 34.8. The molecule has 3 aliphatic rings. The number of amides is 1. The summed E-state index contributed by atoms with van der Waals surface area (Å²) in [5.74, 6) is 1.32. The second-order valence-electron chi connectivity index (χ2n) is 11.5. The minimum Gasteiger partial charge on any atom is -0.450 e. The molecule has 3 heterocycles. The molecule has 0 spiro atoms. The molecule has 0 unspecified atom stereocenters. The Labute approximate surface area is 246 Å². The molecule has 1 amide bonds. The van der Waals surface area contributed by atoms with Crippen LogP contribution in [0, 0.1) is 5.41 Å². The molecule has 2 fully saturated rings. The Kier molecular flexibility index (Phi) is 9.93. The van der Waals surface area contributed by atoms with Crippen molar-refractivity contribution in [3.05, 3.63) is 40.4 Å². The number of nitrogens with two attached hydrogens (primary N) is 1. The lowest BCUT2D eigenvalue weighted by atomic mass is 9.91. The number of fused-ring (bicyclic) bond motifs is 2. The molecule has 42 heavy (non-hydrogen) atoms. The standard InChI is InChI=1S/C29H44N10O3/c1-37-14-16-38(17-15-37)13-3-12-33-27(40)20-4-9-24-23(18-20)35-26-25(42-24)19-39(29(41)36-26)22-7-5-21(6-8-22)32-10-2-11-34-28(30)31/h4,9,18-19,21-22,32H,2-3,5-8,10-17H2,1H3,(H,33,40)(H4,30,31,34)(H,35,36,41)/t21-,22+. The number of piperazine rings is 1. The smallest absolute Gasteiger partial charge is 0.350 e. The fraction of sp³-hybridized carbons (Fsp3) is 0.586. The highest BCUT2D eigenvalue weighted by Crippen LogP contribution is 2.41. The molecule has 1 aromatic carbocycles. The van der Waals surface area contributed by atoms with E-state index < -0.39 is 0 Å². The molecular formula is C29H44N10O3. The first-order valence-electron chi connectivity index (χ1n) is 15.1. The number of carbonyl (C=O) groups excluding carboxylic acids is 1.